The number of nitro groups is 1. The smallest absolute Gasteiger partial charge is 0.399 e. The Morgan fingerprint density at radius 2 is 2.12 bits per heavy atom. The minimum atomic E-state index is -0.894. The van der Waals surface area contributed by atoms with Crippen LogP contribution in [0, 0.1) is 32.8 Å². The first-order valence-electron chi connectivity index (χ1n) is 4.04. The number of halogens is 1. The molecule has 1 N–H and O–H groups in total. The number of aliphatic hydroxyl groups is 1. The summed E-state index contributed by atoms with van der Waals surface area (Å²) in [5.74, 6) is -1.34. The van der Waals surface area contributed by atoms with Crippen molar-refractivity contribution in [2.75, 3.05) is 7.05 Å². The molecule has 0 atom stereocenters. The summed E-state index contributed by atoms with van der Waals surface area (Å²) in [6.07, 6.45) is 0. The van der Waals surface area contributed by atoms with Crippen LogP contribution in [-0.2, 0) is 0 Å². The lowest BCUT2D eigenvalue weighted by Gasteiger charge is -2.15. The van der Waals surface area contributed by atoms with E-state index in [9.17, 15) is 15.2 Å². The molecule has 1 aliphatic heterocycles. The summed E-state index contributed by atoms with van der Waals surface area (Å²) in [5.41, 5.74) is -1.08. The van der Waals surface area contributed by atoms with Crippen molar-refractivity contribution in [3.05, 3.63) is 32.2 Å². The van der Waals surface area contributed by atoms with Crippen LogP contribution in [-0.4, -0.2) is 27.9 Å². The van der Waals surface area contributed by atoms with E-state index in [4.69, 9.17) is 22.1 Å². The summed E-state index contributed by atoms with van der Waals surface area (Å²) < 4.78 is 0. The third kappa shape index (κ3) is 2.02. The second kappa shape index (κ2) is 4.51. The van der Waals surface area contributed by atoms with Gasteiger partial charge in [0.25, 0.3) is 0 Å². The van der Waals surface area contributed by atoms with E-state index in [2.05, 4.69) is 5.10 Å². The summed E-state index contributed by atoms with van der Waals surface area (Å²) in [4.78, 5) is 9.84. The van der Waals surface area contributed by atoms with E-state index in [0.717, 1.165) is 5.01 Å². The van der Waals surface area contributed by atoms with Gasteiger partial charge >= 0.3 is 5.84 Å². The zero-order valence-corrected chi connectivity index (χ0v) is 9.13. The maximum atomic E-state index is 10.7. The molecule has 8 nitrogen and oxygen atoms in total. The van der Waals surface area contributed by atoms with Crippen LogP contribution in [0.15, 0.2) is 27.2 Å². The molecule has 0 aliphatic carbocycles. The van der Waals surface area contributed by atoms with E-state index in [0.29, 0.717) is 0 Å². The SMILES string of the molecule is CN1N=C([N+](=O)[O-])C(=C(C#N)C#N)C(Cl)=C1O. The Kier molecular flexibility index (Phi) is 3.31. The zero-order valence-electron chi connectivity index (χ0n) is 8.38. The summed E-state index contributed by atoms with van der Waals surface area (Å²) >= 11 is 5.66. The quantitative estimate of drug-likeness (QED) is 0.387. The first kappa shape index (κ1) is 12.5. The maximum Gasteiger partial charge on any atom is 0.399 e. The number of amidine groups is 1. The van der Waals surface area contributed by atoms with Gasteiger partial charge in [-0.25, -0.2) is 0 Å². The summed E-state index contributed by atoms with van der Waals surface area (Å²) in [5, 5.41) is 41.2. The monoisotopic (exact) mass is 253 g/mol. The van der Waals surface area contributed by atoms with Crippen molar-refractivity contribution >= 4 is 17.4 Å². The Labute approximate surface area is 100 Å². The van der Waals surface area contributed by atoms with E-state index in [-0.39, 0.29) is 0 Å². The molecule has 0 radical (unpaired) electrons. The van der Waals surface area contributed by atoms with Gasteiger partial charge in [-0.2, -0.15) is 10.5 Å². The Hall–Kier alpha value is -2.58. The highest BCUT2D eigenvalue weighted by Crippen LogP contribution is 2.28. The van der Waals surface area contributed by atoms with Gasteiger partial charge in [0.1, 0.15) is 28.3 Å². The molecule has 0 aromatic carbocycles. The Morgan fingerprint density at radius 1 is 1.59 bits per heavy atom. The fourth-order valence-electron chi connectivity index (χ4n) is 1.08. The molecule has 0 bridgehead atoms. The minimum absolute atomic E-state index is 0.465. The molecule has 0 saturated carbocycles. The molecule has 0 spiro atoms. The number of nitrogens with zero attached hydrogens (tertiary/aromatic N) is 5. The highest BCUT2D eigenvalue weighted by Gasteiger charge is 2.36. The number of rotatable bonds is 0. The van der Waals surface area contributed by atoms with Gasteiger partial charge < -0.3 is 15.2 Å². The van der Waals surface area contributed by atoms with Crippen LogP contribution in [0.3, 0.4) is 0 Å². The Morgan fingerprint density at radius 3 is 2.53 bits per heavy atom. The topological polar surface area (TPSA) is 127 Å². The van der Waals surface area contributed by atoms with Gasteiger partial charge in [-0.3, -0.25) is 0 Å². The Bertz CT molecular complexity index is 547. The van der Waals surface area contributed by atoms with Gasteiger partial charge in [-0.1, -0.05) is 11.6 Å². The van der Waals surface area contributed by atoms with E-state index >= 15 is 0 Å². The van der Waals surface area contributed by atoms with Crippen LogP contribution in [0.25, 0.3) is 0 Å². The lowest BCUT2D eigenvalue weighted by atomic mass is 10.1. The average molecular weight is 254 g/mol. The van der Waals surface area contributed by atoms with Gasteiger partial charge in [0.2, 0.25) is 5.88 Å². The fourth-order valence-corrected chi connectivity index (χ4v) is 1.38. The molecule has 1 aliphatic rings. The molecule has 9 heteroatoms. The van der Waals surface area contributed by atoms with Gasteiger partial charge in [0.15, 0.2) is 0 Å². The van der Waals surface area contributed by atoms with Crippen molar-refractivity contribution in [3.63, 3.8) is 0 Å². The number of allylic oxidation sites excluding steroid dienone is 1. The molecular weight excluding hydrogens is 250 g/mol. The fraction of sp³-hybridized carbons (Fsp3) is 0.125. The van der Waals surface area contributed by atoms with Gasteiger partial charge in [-0.05, 0) is 4.92 Å². The highest BCUT2D eigenvalue weighted by molar-refractivity contribution is 6.36. The average Bonchev–Trinajstić information content (AvgIpc) is 2.29. The number of aliphatic hydroxyl groups excluding tert-OH is 1. The molecule has 1 heterocycles. The predicted octanol–water partition coefficient (Wildman–Crippen LogP) is 0.832. The molecule has 0 aromatic rings. The predicted molar refractivity (Wildman–Crippen MR) is 56.0 cm³/mol. The van der Waals surface area contributed by atoms with Crippen LogP contribution in [0.2, 0.25) is 0 Å². The number of hydrogen-bond acceptors (Lipinski definition) is 7. The normalized spacial score (nSPS) is 14.9. The number of hydrazone groups is 1. The first-order valence-corrected chi connectivity index (χ1v) is 4.42. The standard InChI is InChI=1S/C8H4ClN5O3/c1-13-8(15)6(9)5(4(2-10)3-11)7(12-13)14(16)17/h15H,1H3. The molecule has 0 fully saturated rings. The minimum Gasteiger partial charge on any atom is -0.491 e. The molecule has 17 heavy (non-hydrogen) atoms. The highest BCUT2D eigenvalue weighted by atomic mass is 35.5. The lowest BCUT2D eigenvalue weighted by Crippen LogP contribution is -2.28. The molecule has 0 amide bonds. The van der Waals surface area contributed by atoms with Crippen molar-refractivity contribution < 1.29 is 10.0 Å². The second-order valence-electron chi connectivity index (χ2n) is 2.82. The van der Waals surface area contributed by atoms with E-state index in [1.807, 2.05) is 0 Å². The van der Waals surface area contributed by atoms with Crippen molar-refractivity contribution in [2.45, 2.75) is 0 Å². The first-order chi connectivity index (χ1) is 7.93. The van der Waals surface area contributed by atoms with Crippen LogP contribution in [0.1, 0.15) is 0 Å². The molecule has 0 unspecified atom stereocenters. The van der Waals surface area contributed by atoms with Gasteiger partial charge in [-0.15, -0.1) is 5.01 Å². The summed E-state index contributed by atoms with van der Waals surface area (Å²) in [6, 6.07) is 2.91. The number of hydrogen-bond donors (Lipinski definition) is 1. The van der Waals surface area contributed by atoms with Crippen LogP contribution >= 0.6 is 11.6 Å². The molecule has 0 saturated heterocycles. The molecule has 86 valence electrons. The van der Waals surface area contributed by atoms with Crippen molar-refractivity contribution in [2.24, 2.45) is 5.10 Å². The van der Waals surface area contributed by atoms with Crippen molar-refractivity contribution in [1.82, 2.24) is 5.01 Å². The third-order valence-electron chi connectivity index (χ3n) is 1.84. The van der Waals surface area contributed by atoms with Gasteiger partial charge in [0, 0.05) is 0 Å². The third-order valence-corrected chi connectivity index (χ3v) is 2.20. The lowest BCUT2D eigenvalue weighted by molar-refractivity contribution is -0.350. The summed E-state index contributed by atoms with van der Waals surface area (Å²) in [7, 11) is 1.23. The van der Waals surface area contributed by atoms with Crippen molar-refractivity contribution in [1.29, 1.82) is 10.5 Å². The summed E-state index contributed by atoms with van der Waals surface area (Å²) in [6.45, 7) is 0. The van der Waals surface area contributed by atoms with Crippen LogP contribution < -0.4 is 0 Å². The zero-order chi connectivity index (χ0) is 13.2. The maximum absolute atomic E-state index is 10.7. The van der Waals surface area contributed by atoms with Crippen molar-refractivity contribution in [3.8, 4) is 12.1 Å². The largest absolute Gasteiger partial charge is 0.491 e. The molecular formula is C8H4ClN5O3. The van der Waals surface area contributed by atoms with Crippen LogP contribution in [0.4, 0.5) is 0 Å². The number of nitriles is 2. The van der Waals surface area contributed by atoms with E-state index < -0.39 is 32.8 Å². The van der Waals surface area contributed by atoms with E-state index in [1.54, 1.807) is 0 Å². The Balaban J connectivity index is 3.61. The van der Waals surface area contributed by atoms with E-state index in [1.165, 1.54) is 19.2 Å². The second-order valence-corrected chi connectivity index (χ2v) is 3.19. The van der Waals surface area contributed by atoms with Crippen LogP contribution in [0.5, 0.6) is 0 Å². The van der Waals surface area contributed by atoms with Gasteiger partial charge in [0.05, 0.1) is 12.1 Å². The molecule has 0 aromatic heterocycles. The molecule has 1 rings (SSSR count).